The number of carboxylic acids is 1. The second-order valence-electron chi connectivity index (χ2n) is 6.67. The Morgan fingerprint density at radius 3 is 2.27 bits per heavy atom. The first kappa shape index (κ1) is 21.6. The number of sulfone groups is 1. The third kappa shape index (κ3) is 4.40. The maximum atomic E-state index is 13.2. The zero-order valence-electron chi connectivity index (χ0n) is 15.8. The summed E-state index contributed by atoms with van der Waals surface area (Å²) in [7, 11) is -4.13. The first-order valence-electron chi connectivity index (χ1n) is 8.95. The van der Waals surface area contributed by atoms with Gasteiger partial charge >= 0.3 is 12.1 Å². The van der Waals surface area contributed by atoms with Crippen molar-refractivity contribution in [2.45, 2.75) is 30.2 Å². The number of nitrogens with zero attached hydrogens (tertiary/aromatic N) is 1. The molecule has 0 spiro atoms. The molecule has 0 aliphatic carbocycles. The number of carboxylic acid groups (broad SMARTS) is 1. The topological polar surface area (TPSA) is 76.4 Å². The highest BCUT2D eigenvalue weighted by molar-refractivity contribution is 7.90. The summed E-state index contributed by atoms with van der Waals surface area (Å²) >= 11 is 0. The van der Waals surface area contributed by atoms with Crippen molar-refractivity contribution in [1.82, 2.24) is 4.57 Å². The van der Waals surface area contributed by atoms with Gasteiger partial charge in [0.25, 0.3) is 0 Å². The number of hydrogen-bond acceptors (Lipinski definition) is 3. The van der Waals surface area contributed by atoms with Crippen molar-refractivity contribution in [3.63, 3.8) is 0 Å². The van der Waals surface area contributed by atoms with E-state index in [9.17, 15) is 31.5 Å². The van der Waals surface area contributed by atoms with Gasteiger partial charge in [-0.3, -0.25) is 0 Å². The molecule has 2 aromatic carbocycles. The highest BCUT2D eigenvalue weighted by Crippen LogP contribution is 2.33. The van der Waals surface area contributed by atoms with E-state index >= 15 is 0 Å². The van der Waals surface area contributed by atoms with Crippen LogP contribution in [0.1, 0.15) is 34.0 Å². The minimum absolute atomic E-state index is 0.0381. The molecule has 1 heterocycles. The summed E-state index contributed by atoms with van der Waals surface area (Å²) in [6.07, 6.45) is -1.12. The van der Waals surface area contributed by atoms with E-state index in [1.165, 1.54) is 22.8 Å². The van der Waals surface area contributed by atoms with Crippen molar-refractivity contribution in [3.05, 3.63) is 83.2 Å². The number of aryl methyl sites for hydroxylation is 1. The maximum absolute atomic E-state index is 13.2. The van der Waals surface area contributed by atoms with Crippen LogP contribution in [-0.2, 0) is 28.2 Å². The monoisotopic (exact) mass is 437 g/mol. The molecular formula is C21H18F3NO4S. The minimum Gasteiger partial charge on any atom is -0.478 e. The molecule has 5 nitrogen and oxygen atoms in total. The van der Waals surface area contributed by atoms with E-state index in [2.05, 4.69) is 0 Å². The van der Waals surface area contributed by atoms with Crippen LogP contribution in [0.2, 0.25) is 0 Å². The molecule has 158 valence electrons. The zero-order valence-corrected chi connectivity index (χ0v) is 16.7. The summed E-state index contributed by atoms with van der Waals surface area (Å²) in [5.41, 5.74) is -0.513. The third-order valence-corrected chi connectivity index (χ3v) is 6.41. The van der Waals surface area contributed by atoms with E-state index in [1.54, 1.807) is 31.5 Å². The number of aromatic nitrogens is 1. The summed E-state index contributed by atoms with van der Waals surface area (Å²) < 4.78 is 67.5. The molecule has 0 unspecified atom stereocenters. The second kappa shape index (κ2) is 7.98. The summed E-state index contributed by atoms with van der Waals surface area (Å²) in [6, 6.07) is 10.0. The highest BCUT2D eigenvalue weighted by Gasteiger charge is 2.32. The van der Waals surface area contributed by atoms with Gasteiger partial charge in [-0.25, -0.2) is 13.2 Å². The van der Waals surface area contributed by atoms with Crippen molar-refractivity contribution < 1.29 is 31.5 Å². The van der Waals surface area contributed by atoms with Crippen molar-refractivity contribution in [2.24, 2.45) is 0 Å². The Bertz CT molecular complexity index is 1180. The van der Waals surface area contributed by atoms with E-state index < -0.39 is 33.3 Å². The van der Waals surface area contributed by atoms with Crippen molar-refractivity contribution in [3.8, 4) is 5.69 Å². The van der Waals surface area contributed by atoms with Crippen LogP contribution in [0.5, 0.6) is 0 Å². The normalized spacial score (nSPS) is 12.1. The summed E-state index contributed by atoms with van der Waals surface area (Å²) in [4.78, 5) is 11.1. The predicted molar refractivity (Wildman–Crippen MR) is 104 cm³/mol. The van der Waals surface area contributed by atoms with Gasteiger partial charge in [0.2, 0.25) is 0 Å². The van der Waals surface area contributed by atoms with E-state index in [0.29, 0.717) is 17.7 Å². The van der Waals surface area contributed by atoms with Crippen LogP contribution in [0.4, 0.5) is 13.2 Å². The molecular weight excluding hydrogens is 419 g/mol. The van der Waals surface area contributed by atoms with Crippen LogP contribution in [0, 0.1) is 0 Å². The van der Waals surface area contributed by atoms with Gasteiger partial charge in [0.05, 0.1) is 21.8 Å². The van der Waals surface area contributed by atoms with Crippen LogP contribution >= 0.6 is 0 Å². The van der Waals surface area contributed by atoms with Gasteiger partial charge in [0, 0.05) is 18.1 Å². The lowest BCUT2D eigenvalue weighted by Crippen LogP contribution is -2.13. The molecule has 9 heteroatoms. The average Bonchev–Trinajstić information content (AvgIpc) is 3.20. The SMILES string of the molecule is CCc1ccc(C(=O)O)cc1S(=O)(=O)Cc1cc(C(F)(F)F)ccc1-n1cccc1. The fourth-order valence-electron chi connectivity index (χ4n) is 3.18. The lowest BCUT2D eigenvalue weighted by molar-refractivity contribution is -0.137. The molecule has 0 saturated heterocycles. The summed E-state index contributed by atoms with van der Waals surface area (Å²) in [5.74, 6) is -2.00. The number of halogens is 3. The molecule has 0 bridgehead atoms. The number of benzene rings is 2. The molecule has 3 rings (SSSR count). The van der Waals surface area contributed by atoms with Crippen LogP contribution in [-0.4, -0.2) is 24.1 Å². The number of carbonyl (C=O) groups is 1. The Morgan fingerprint density at radius 2 is 1.70 bits per heavy atom. The molecule has 3 aromatic rings. The molecule has 0 atom stereocenters. The van der Waals surface area contributed by atoms with Gasteiger partial charge in [0.15, 0.2) is 9.84 Å². The summed E-state index contributed by atoms with van der Waals surface area (Å²) in [5, 5.41) is 9.20. The van der Waals surface area contributed by atoms with Gasteiger partial charge in [-0.15, -0.1) is 0 Å². The molecule has 0 saturated carbocycles. The number of rotatable bonds is 6. The number of hydrogen-bond donors (Lipinski definition) is 1. The molecule has 0 aliphatic rings. The lowest BCUT2D eigenvalue weighted by Gasteiger charge is -2.16. The van der Waals surface area contributed by atoms with Gasteiger partial charge in [-0.05, 0) is 60.0 Å². The van der Waals surface area contributed by atoms with Crippen LogP contribution in [0.15, 0.2) is 65.8 Å². The molecule has 0 radical (unpaired) electrons. The fourth-order valence-corrected chi connectivity index (χ4v) is 4.89. The van der Waals surface area contributed by atoms with Crippen molar-refractivity contribution in [2.75, 3.05) is 0 Å². The highest BCUT2D eigenvalue weighted by atomic mass is 32.2. The van der Waals surface area contributed by atoms with Crippen LogP contribution in [0.25, 0.3) is 5.69 Å². The summed E-state index contributed by atoms with van der Waals surface area (Å²) in [6.45, 7) is 1.71. The molecule has 0 aliphatic heterocycles. The quantitative estimate of drug-likeness (QED) is 0.605. The zero-order chi connectivity index (χ0) is 22.1. The first-order valence-corrected chi connectivity index (χ1v) is 10.6. The van der Waals surface area contributed by atoms with Crippen molar-refractivity contribution >= 4 is 15.8 Å². The average molecular weight is 437 g/mol. The minimum atomic E-state index is -4.63. The maximum Gasteiger partial charge on any atom is 0.416 e. The molecule has 1 aromatic heterocycles. The van der Waals surface area contributed by atoms with Gasteiger partial charge in [0.1, 0.15) is 0 Å². The predicted octanol–water partition coefficient (Wildman–Crippen LogP) is 4.73. The molecule has 0 fully saturated rings. The molecule has 1 N–H and O–H groups in total. The Balaban J connectivity index is 2.15. The third-order valence-electron chi connectivity index (χ3n) is 4.67. The number of aromatic carboxylic acids is 1. The first-order chi connectivity index (χ1) is 14.0. The Hall–Kier alpha value is -3.07. The van der Waals surface area contributed by atoms with E-state index in [0.717, 1.165) is 18.2 Å². The van der Waals surface area contributed by atoms with Gasteiger partial charge < -0.3 is 9.67 Å². The van der Waals surface area contributed by atoms with Crippen LogP contribution < -0.4 is 0 Å². The Kier molecular flexibility index (Phi) is 5.76. The van der Waals surface area contributed by atoms with Gasteiger partial charge in [-0.2, -0.15) is 13.2 Å². The van der Waals surface area contributed by atoms with Crippen molar-refractivity contribution in [1.29, 1.82) is 0 Å². The van der Waals surface area contributed by atoms with Gasteiger partial charge in [-0.1, -0.05) is 13.0 Å². The largest absolute Gasteiger partial charge is 0.478 e. The standard InChI is InChI=1S/C21H18F3NO4S/c1-2-14-5-6-15(20(26)27)12-19(14)30(28,29)13-16-11-17(21(22,23)24)7-8-18(16)25-9-3-4-10-25/h3-12H,2,13H2,1H3,(H,26,27). The number of alkyl halides is 3. The lowest BCUT2D eigenvalue weighted by atomic mass is 10.1. The smallest absolute Gasteiger partial charge is 0.416 e. The molecule has 0 amide bonds. The Labute approximate surface area is 171 Å². The fraction of sp³-hybridized carbons (Fsp3) is 0.190. The van der Waals surface area contributed by atoms with E-state index in [1.807, 2.05) is 0 Å². The van der Waals surface area contributed by atoms with Crippen LogP contribution in [0.3, 0.4) is 0 Å². The van der Waals surface area contributed by atoms with E-state index in [4.69, 9.17) is 0 Å². The second-order valence-corrected chi connectivity index (χ2v) is 8.63. The van der Waals surface area contributed by atoms with E-state index in [-0.39, 0.29) is 16.0 Å². The molecule has 30 heavy (non-hydrogen) atoms. The Morgan fingerprint density at radius 1 is 1.03 bits per heavy atom.